The topological polar surface area (TPSA) is 46.6 Å². The average Bonchev–Trinajstić information content (AvgIpc) is 2.63. The molecular formula is C19H22FNO3S. The number of ether oxygens (including phenoxy) is 1. The maximum absolute atomic E-state index is 13.0. The van der Waals surface area contributed by atoms with Crippen molar-refractivity contribution in [3.8, 4) is 0 Å². The second-order valence-electron chi connectivity index (χ2n) is 6.30. The van der Waals surface area contributed by atoms with Crippen molar-refractivity contribution >= 4 is 10.0 Å². The quantitative estimate of drug-likeness (QED) is 0.790. The molecule has 0 saturated carbocycles. The summed E-state index contributed by atoms with van der Waals surface area (Å²) in [5, 5.41) is 0. The Bertz CT molecular complexity index is 770. The number of halogens is 1. The van der Waals surface area contributed by atoms with Crippen molar-refractivity contribution in [3.63, 3.8) is 0 Å². The molecule has 0 spiro atoms. The van der Waals surface area contributed by atoms with Gasteiger partial charge in [0.05, 0.1) is 11.5 Å². The van der Waals surface area contributed by atoms with Crippen LogP contribution >= 0.6 is 0 Å². The van der Waals surface area contributed by atoms with E-state index in [9.17, 15) is 12.8 Å². The van der Waals surface area contributed by atoms with Crippen LogP contribution in [0, 0.1) is 11.7 Å². The number of nitrogens with zero attached hydrogens (tertiary/aromatic N) is 1. The van der Waals surface area contributed by atoms with Crippen molar-refractivity contribution in [2.75, 3.05) is 19.7 Å². The monoisotopic (exact) mass is 363 g/mol. The second kappa shape index (κ2) is 8.08. The fourth-order valence-electron chi connectivity index (χ4n) is 2.99. The van der Waals surface area contributed by atoms with Crippen LogP contribution in [-0.2, 0) is 21.4 Å². The van der Waals surface area contributed by atoms with Crippen molar-refractivity contribution in [3.05, 3.63) is 66.0 Å². The third-order valence-corrected chi connectivity index (χ3v) is 6.40. The van der Waals surface area contributed by atoms with E-state index in [1.165, 1.54) is 28.6 Å². The smallest absolute Gasteiger partial charge is 0.243 e. The summed E-state index contributed by atoms with van der Waals surface area (Å²) in [6, 6.07) is 15.0. The van der Waals surface area contributed by atoms with Gasteiger partial charge in [-0.05, 0) is 48.6 Å². The fourth-order valence-corrected chi connectivity index (χ4v) is 4.46. The van der Waals surface area contributed by atoms with E-state index in [1.807, 2.05) is 30.3 Å². The van der Waals surface area contributed by atoms with E-state index in [0.29, 0.717) is 32.2 Å². The SMILES string of the molecule is O=S(=O)(c1ccc(F)cc1)N1CCC(COCc2ccccc2)CC1. The van der Waals surface area contributed by atoms with Crippen LogP contribution in [0.2, 0.25) is 0 Å². The lowest BCUT2D eigenvalue weighted by Crippen LogP contribution is -2.39. The van der Waals surface area contributed by atoms with Crippen LogP contribution in [0.5, 0.6) is 0 Å². The number of benzene rings is 2. The molecule has 0 N–H and O–H groups in total. The van der Waals surface area contributed by atoms with Crippen molar-refractivity contribution in [2.24, 2.45) is 5.92 Å². The molecule has 0 atom stereocenters. The first kappa shape index (κ1) is 18.0. The van der Waals surface area contributed by atoms with Gasteiger partial charge >= 0.3 is 0 Å². The fraction of sp³-hybridized carbons (Fsp3) is 0.368. The lowest BCUT2D eigenvalue weighted by atomic mass is 9.99. The average molecular weight is 363 g/mol. The molecule has 0 radical (unpaired) electrons. The Balaban J connectivity index is 1.49. The number of hydrogen-bond donors (Lipinski definition) is 0. The van der Waals surface area contributed by atoms with E-state index in [0.717, 1.165) is 18.4 Å². The van der Waals surface area contributed by atoms with E-state index in [2.05, 4.69) is 0 Å². The van der Waals surface area contributed by atoms with Crippen LogP contribution < -0.4 is 0 Å². The molecule has 0 aliphatic carbocycles. The van der Waals surface area contributed by atoms with Gasteiger partial charge in [0.15, 0.2) is 0 Å². The van der Waals surface area contributed by atoms with Crippen molar-refractivity contribution in [2.45, 2.75) is 24.3 Å². The zero-order valence-electron chi connectivity index (χ0n) is 14.0. The van der Waals surface area contributed by atoms with Crippen LogP contribution in [0.4, 0.5) is 4.39 Å². The summed E-state index contributed by atoms with van der Waals surface area (Å²) >= 11 is 0. The number of rotatable bonds is 6. The number of hydrogen-bond acceptors (Lipinski definition) is 3. The number of sulfonamides is 1. The Hall–Kier alpha value is -1.76. The van der Waals surface area contributed by atoms with Gasteiger partial charge in [-0.3, -0.25) is 0 Å². The molecule has 6 heteroatoms. The van der Waals surface area contributed by atoms with Crippen LogP contribution in [0.25, 0.3) is 0 Å². The Kier molecular flexibility index (Phi) is 5.83. The van der Waals surface area contributed by atoms with Gasteiger partial charge in [0, 0.05) is 19.7 Å². The highest BCUT2D eigenvalue weighted by molar-refractivity contribution is 7.89. The molecule has 134 valence electrons. The summed E-state index contributed by atoms with van der Waals surface area (Å²) in [6.07, 6.45) is 1.55. The highest BCUT2D eigenvalue weighted by Crippen LogP contribution is 2.24. The van der Waals surface area contributed by atoms with Gasteiger partial charge in [0.25, 0.3) is 0 Å². The first-order chi connectivity index (χ1) is 12.1. The standard InChI is InChI=1S/C19H22FNO3S/c20-18-6-8-19(9-7-18)25(22,23)21-12-10-17(11-13-21)15-24-14-16-4-2-1-3-5-16/h1-9,17H,10-15H2. The van der Waals surface area contributed by atoms with E-state index < -0.39 is 15.8 Å². The van der Waals surface area contributed by atoms with E-state index in [-0.39, 0.29) is 4.90 Å². The molecule has 4 nitrogen and oxygen atoms in total. The molecule has 25 heavy (non-hydrogen) atoms. The van der Waals surface area contributed by atoms with Gasteiger partial charge in [-0.2, -0.15) is 4.31 Å². The molecule has 0 aromatic heterocycles. The van der Waals surface area contributed by atoms with E-state index in [1.54, 1.807) is 0 Å². The first-order valence-electron chi connectivity index (χ1n) is 8.43. The second-order valence-corrected chi connectivity index (χ2v) is 8.24. The summed E-state index contributed by atoms with van der Waals surface area (Å²) in [6.45, 7) is 2.16. The minimum Gasteiger partial charge on any atom is -0.376 e. The molecule has 2 aromatic rings. The Labute approximate surface area is 148 Å². The van der Waals surface area contributed by atoms with E-state index in [4.69, 9.17) is 4.74 Å². The molecule has 1 heterocycles. The van der Waals surface area contributed by atoms with Crippen molar-refractivity contribution < 1.29 is 17.5 Å². The summed E-state index contributed by atoms with van der Waals surface area (Å²) in [7, 11) is -3.54. The van der Waals surface area contributed by atoms with Crippen LogP contribution in [-0.4, -0.2) is 32.4 Å². The maximum atomic E-state index is 13.0. The summed E-state index contributed by atoms with van der Waals surface area (Å²) in [5.41, 5.74) is 1.14. The van der Waals surface area contributed by atoms with Gasteiger partial charge in [-0.25, -0.2) is 12.8 Å². The molecule has 3 rings (SSSR count). The molecule has 0 bridgehead atoms. The molecular weight excluding hydrogens is 341 g/mol. The predicted octanol–water partition coefficient (Wildman–Crippen LogP) is 3.44. The molecule has 1 fully saturated rings. The molecule has 1 aliphatic heterocycles. The normalized spacial score (nSPS) is 16.8. The summed E-state index contributed by atoms with van der Waals surface area (Å²) in [5.74, 6) is -0.0726. The largest absolute Gasteiger partial charge is 0.376 e. The third-order valence-electron chi connectivity index (χ3n) is 4.49. The summed E-state index contributed by atoms with van der Waals surface area (Å²) in [4.78, 5) is 0.146. The zero-order valence-corrected chi connectivity index (χ0v) is 14.8. The Morgan fingerprint density at radius 1 is 1.00 bits per heavy atom. The first-order valence-corrected chi connectivity index (χ1v) is 9.87. The van der Waals surface area contributed by atoms with Gasteiger partial charge in [-0.15, -0.1) is 0 Å². The Morgan fingerprint density at radius 3 is 2.28 bits per heavy atom. The van der Waals surface area contributed by atoms with Gasteiger partial charge in [0.2, 0.25) is 10.0 Å². The van der Waals surface area contributed by atoms with E-state index >= 15 is 0 Å². The van der Waals surface area contributed by atoms with Crippen molar-refractivity contribution in [1.82, 2.24) is 4.31 Å². The predicted molar refractivity (Wildman–Crippen MR) is 94.0 cm³/mol. The third kappa shape index (κ3) is 4.66. The zero-order chi connectivity index (χ0) is 17.7. The minimum absolute atomic E-state index is 0.146. The van der Waals surface area contributed by atoms with Crippen LogP contribution in [0.15, 0.2) is 59.5 Å². The highest BCUT2D eigenvalue weighted by Gasteiger charge is 2.29. The van der Waals surface area contributed by atoms with Gasteiger partial charge < -0.3 is 4.74 Å². The van der Waals surface area contributed by atoms with Gasteiger partial charge in [-0.1, -0.05) is 30.3 Å². The van der Waals surface area contributed by atoms with Crippen LogP contribution in [0.1, 0.15) is 18.4 Å². The number of piperidine rings is 1. The highest BCUT2D eigenvalue weighted by atomic mass is 32.2. The maximum Gasteiger partial charge on any atom is 0.243 e. The van der Waals surface area contributed by atoms with Crippen molar-refractivity contribution in [1.29, 1.82) is 0 Å². The molecule has 1 saturated heterocycles. The molecule has 0 unspecified atom stereocenters. The lowest BCUT2D eigenvalue weighted by molar-refractivity contribution is 0.0688. The lowest BCUT2D eigenvalue weighted by Gasteiger charge is -2.31. The van der Waals surface area contributed by atoms with Gasteiger partial charge in [0.1, 0.15) is 5.82 Å². The Morgan fingerprint density at radius 2 is 1.64 bits per heavy atom. The van der Waals surface area contributed by atoms with Crippen LogP contribution in [0.3, 0.4) is 0 Å². The minimum atomic E-state index is -3.54. The summed E-state index contributed by atoms with van der Waals surface area (Å²) < 4.78 is 45.4. The molecule has 1 aliphatic rings. The molecule has 2 aromatic carbocycles. The molecule has 0 amide bonds.